The Bertz CT molecular complexity index is 1040. The van der Waals surface area contributed by atoms with Crippen LogP contribution in [0.15, 0.2) is 39.8 Å². The van der Waals surface area contributed by atoms with Crippen LogP contribution in [0.3, 0.4) is 0 Å². The second kappa shape index (κ2) is 8.92. The number of nitrogens with one attached hydrogen (secondary N) is 2. The number of aryl methyl sites for hydroxylation is 1. The van der Waals surface area contributed by atoms with Crippen molar-refractivity contribution in [3.05, 3.63) is 41.9 Å². The minimum atomic E-state index is -3.59. The zero-order valence-corrected chi connectivity index (χ0v) is 18.9. The summed E-state index contributed by atoms with van der Waals surface area (Å²) in [7, 11) is 0.123. The third kappa shape index (κ3) is 4.57. The summed E-state index contributed by atoms with van der Waals surface area (Å²) in [6.07, 6.45) is 7.12. The second-order valence-corrected chi connectivity index (χ2v) is 10.3. The molecular weight excluding hydrogens is 416 g/mol. The standard InChI is InChI=1S/C22H30N4O4S/c1-25(2)20-10-9-16(31(28,29)26-12-4-3-5-13-26)15-19(20)24-22(27)23-18-7-6-8-21-17(18)11-14-30-21/h9-11,14-15,18H,3-8,12-13H2,1-2H3,(H2,23,24,27). The predicted molar refractivity (Wildman–Crippen MR) is 120 cm³/mol. The number of hydrogen-bond acceptors (Lipinski definition) is 5. The van der Waals surface area contributed by atoms with E-state index in [0.29, 0.717) is 18.8 Å². The van der Waals surface area contributed by atoms with Crippen molar-refractivity contribution >= 4 is 27.4 Å². The molecule has 1 aliphatic heterocycles. The van der Waals surface area contributed by atoms with Crippen molar-refractivity contribution in [1.29, 1.82) is 0 Å². The van der Waals surface area contributed by atoms with Crippen LogP contribution in [0.2, 0.25) is 0 Å². The minimum Gasteiger partial charge on any atom is -0.469 e. The first-order chi connectivity index (χ1) is 14.9. The fraction of sp³-hybridized carbons (Fsp3) is 0.500. The van der Waals surface area contributed by atoms with Gasteiger partial charge >= 0.3 is 6.03 Å². The van der Waals surface area contributed by atoms with Crippen LogP contribution in [-0.4, -0.2) is 45.9 Å². The summed E-state index contributed by atoms with van der Waals surface area (Å²) in [5.41, 5.74) is 2.21. The lowest BCUT2D eigenvalue weighted by Crippen LogP contribution is -2.36. The van der Waals surface area contributed by atoms with E-state index in [9.17, 15) is 13.2 Å². The highest BCUT2D eigenvalue weighted by atomic mass is 32.2. The quantitative estimate of drug-likeness (QED) is 0.730. The highest BCUT2D eigenvalue weighted by molar-refractivity contribution is 7.89. The first kappa shape index (κ1) is 21.7. The van der Waals surface area contributed by atoms with Crippen LogP contribution in [0.25, 0.3) is 0 Å². The van der Waals surface area contributed by atoms with Gasteiger partial charge in [-0.25, -0.2) is 13.2 Å². The molecular formula is C22H30N4O4S. The van der Waals surface area contributed by atoms with Crippen LogP contribution in [0.1, 0.15) is 49.5 Å². The molecule has 1 atom stereocenters. The molecule has 1 aromatic heterocycles. The number of carbonyl (C=O) groups is 1. The lowest BCUT2D eigenvalue weighted by Gasteiger charge is -2.27. The number of anilines is 2. The number of hydrogen-bond donors (Lipinski definition) is 2. The molecule has 0 saturated carbocycles. The van der Waals surface area contributed by atoms with Gasteiger partial charge in [-0.1, -0.05) is 6.42 Å². The summed E-state index contributed by atoms with van der Waals surface area (Å²) < 4.78 is 33.2. The number of rotatable bonds is 5. The Morgan fingerprint density at radius 2 is 1.90 bits per heavy atom. The Morgan fingerprint density at radius 3 is 2.65 bits per heavy atom. The molecule has 9 heteroatoms. The van der Waals surface area contributed by atoms with Gasteiger partial charge in [0.1, 0.15) is 5.76 Å². The van der Waals surface area contributed by atoms with Gasteiger partial charge in [0.05, 0.1) is 28.6 Å². The molecule has 2 heterocycles. The highest BCUT2D eigenvalue weighted by Crippen LogP contribution is 2.32. The van der Waals surface area contributed by atoms with Gasteiger partial charge in [-0.05, 0) is 49.9 Å². The molecule has 0 bridgehead atoms. The molecule has 0 radical (unpaired) electrons. The normalized spacial score (nSPS) is 19.5. The van der Waals surface area contributed by atoms with Crippen LogP contribution < -0.4 is 15.5 Å². The summed E-state index contributed by atoms with van der Waals surface area (Å²) in [6.45, 7) is 1.07. The molecule has 8 nitrogen and oxygen atoms in total. The van der Waals surface area contributed by atoms with E-state index in [0.717, 1.165) is 55.5 Å². The first-order valence-corrected chi connectivity index (χ1v) is 12.3. The first-order valence-electron chi connectivity index (χ1n) is 10.8. The van der Waals surface area contributed by atoms with Gasteiger partial charge < -0.3 is 20.0 Å². The van der Waals surface area contributed by atoms with Crippen molar-refractivity contribution in [2.24, 2.45) is 0 Å². The number of fused-ring (bicyclic) bond motifs is 1. The van der Waals surface area contributed by atoms with Gasteiger partial charge in [0, 0.05) is 39.2 Å². The zero-order valence-electron chi connectivity index (χ0n) is 18.1. The van der Waals surface area contributed by atoms with Crippen molar-refractivity contribution in [2.45, 2.75) is 49.5 Å². The number of urea groups is 1. The van der Waals surface area contributed by atoms with Gasteiger partial charge in [-0.15, -0.1) is 0 Å². The summed E-state index contributed by atoms with van der Waals surface area (Å²) in [4.78, 5) is 14.9. The molecule has 4 rings (SSSR count). The average molecular weight is 447 g/mol. The van der Waals surface area contributed by atoms with Crippen molar-refractivity contribution < 1.29 is 17.6 Å². The summed E-state index contributed by atoms with van der Waals surface area (Å²) in [6, 6.07) is 6.32. The van der Waals surface area contributed by atoms with Crippen LogP contribution >= 0.6 is 0 Å². The lowest BCUT2D eigenvalue weighted by atomic mass is 9.93. The van der Waals surface area contributed by atoms with Crippen LogP contribution in [0, 0.1) is 0 Å². The van der Waals surface area contributed by atoms with E-state index in [1.807, 2.05) is 25.1 Å². The molecule has 1 aliphatic carbocycles. The van der Waals surface area contributed by atoms with Crippen molar-refractivity contribution in [3.8, 4) is 0 Å². The van der Waals surface area contributed by atoms with E-state index in [-0.39, 0.29) is 17.0 Å². The van der Waals surface area contributed by atoms with E-state index in [1.54, 1.807) is 24.5 Å². The van der Waals surface area contributed by atoms with E-state index in [4.69, 9.17) is 4.42 Å². The molecule has 2 aliphatic rings. The number of piperidine rings is 1. The molecule has 168 valence electrons. The molecule has 1 aromatic carbocycles. The number of sulfonamides is 1. The zero-order chi connectivity index (χ0) is 22.0. The average Bonchev–Trinajstić information content (AvgIpc) is 3.24. The smallest absolute Gasteiger partial charge is 0.319 e. The van der Waals surface area contributed by atoms with Crippen LogP contribution in [0.4, 0.5) is 16.2 Å². The van der Waals surface area contributed by atoms with E-state index < -0.39 is 10.0 Å². The van der Waals surface area contributed by atoms with Crippen LogP contribution in [-0.2, 0) is 16.4 Å². The van der Waals surface area contributed by atoms with Gasteiger partial charge in [0.15, 0.2) is 0 Å². The number of furan rings is 1. The van der Waals surface area contributed by atoms with Gasteiger partial charge in [0.25, 0.3) is 0 Å². The Balaban J connectivity index is 1.55. The highest BCUT2D eigenvalue weighted by Gasteiger charge is 2.28. The molecule has 2 amide bonds. The lowest BCUT2D eigenvalue weighted by molar-refractivity contribution is 0.246. The third-order valence-electron chi connectivity index (χ3n) is 6.01. The van der Waals surface area contributed by atoms with Crippen LogP contribution in [0.5, 0.6) is 0 Å². The largest absolute Gasteiger partial charge is 0.469 e. The van der Waals surface area contributed by atoms with E-state index in [2.05, 4.69) is 10.6 Å². The summed E-state index contributed by atoms with van der Waals surface area (Å²) in [5.74, 6) is 0.917. The van der Waals surface area contributed by atoms with Crippen molar-refractivity contribution in [3.63, 3.8) is 0 Å². The maximum Gasteiger partial charge on any atom is 0.319 e. The Kier molecular flexibility index (Phi) is 6.24. The Morgan fingerprint density at radius 1 is 1.13 bits per heavy atom. The molecule has 1 saturated heterocycles. The second-order valence-electron chi connectivity index (χ2n) is 8.38. The molecule has 2 aromatic rings. The van der Waals surface area contributed by atoms with Crippen molar-refractivity contribution in [2.75, 3.05) is 37.4 Å². The summed E-state index contributed by atoms with van der Waals surface area (Å²) in [5, 5.41) is 5.88. The van der Waals surface area contributed by atoms with E-state index >= 15 is 0 Å². The molecule has 2 N–H and O–H groups in total. The predicted octanol–water partition coefficient (Wildman–Crippen LogP) is 3.72. The molecule has 31 heavy (non-hydrogen) atoms. The topological polar surface area (TPSA) is 94.9 Å². The fourth-order valence-electron chi connectivity index (χ4n) is 4.37. The monoisotopic (exact) mass is 446 g/mol. The maximum atomic E-state index is 13.1. The Labute approximate surface area is 183 Å². The molecule has 0 spiro atoms. The van der Waals surface area contributed by atoms with Gasteiger partial charge in [0.2, 0.25) is 10.0 Å². The third-order valence-corrected chi connectivity index (χ3v) is 7.90. The van der Waals surface area contributed by atoms with Gasteiger partial charge in [-0.3, -0.25) is 0 Å². The fourth-order valence-corrected chi connectivity index (χ4v) is 5.92. The number of carbonyl (C=O) groups excluding carboxylic acids is 1. The van der Waals surface area contributed by atoms with E-state index in [1.165, 1.54) is 4.31 Å². The maximum absolute atomic E-state index is 13.1. The number of nitrogens with zero attached hydrogens (tertiary/aromatic N) is 2. The number of benzene rings is 1. The number of amides is 2. The molecule has 1 fully saturated rings. The van der Waals surface area contributed by atoms with Crippen molar-refractivity contribution in [1.82, 2.24) is 9.62 Å². The van der Waals surface area contributed by atoms with Gasteiger partial charge in [-0.2, -0.15) is 4.31 Å². The molecule has 1 unspecified atom stereocenters. The Hall–Kier alpha value is -2.52. The SMILES string of the molecule is CN(C)c1ccc(S(=O)(=O)N2CCCCC2)cc1NC(=O)NC1CCCc2occc21. The minimum absolute atomic E-state index is 0.120. The summed E-state index contributed by atoms with van der Waals surface area (Å²) >= 11 is 0.